The van der Waals surface area contributed by atoms with Gasteiger partial charge in [0, 0.05) is 24.2 Å². The molecule has 2 aromatic rings. The average Bonchev–Trinajstić information content (AvgIpc) is 2.63. The van der Waals surface area contributed by atoms with E-state index in [0.717, 1.165) is 11.3 Å². The molecule has 0 fully saturated rings. The molecule has 7 nitrogen and oxygen atoms in total. The molecule has 1 amide bonds. The van der Waals surface area contributed by atoms with E-state index in [0.29, 0.717) is 49.6 Å². The summed E-state index contributed by atoms with van der Waals surface area (Å²) in [5, 5.41) is 2.89. The maximum Gasteiger partial charge on any atom is 0.255 e. The van der Waals surface area contributed by atoms with Crippen LogP contribution >= 0.6 is 12.2 Å². The predicted octanol–water partition coefficient (Wildman–Crippen LogP) is 2.83. The molecular formula is C20H27N3O4S. The molecule has 8 heteroatoms. The van der Waals surface area contributed by atoms with E-state index in [1.54, 1.807) is 6.92 Å². The zero-order valence-electron chi connectivity index (χ0n) is 16.5. The molecule has 1 aromatic heterocycles. The Morgan fingerprint density at radius 2 is 1.82 bits per heavy atom. The van der Waals surface area contributed by atoms with Crippen molar-refractivity contribution in [1.29, 1.82) is 0 Å². The number of H-pyrrole nitrogens is 2. The first-order valence-corrected chi connectivity index (χ1v) is 9.82. The number of hydrogen-bond donors (Lipinski definition) is 3. The molecule has 0 unspecified atom stereocenters. The number of ether oxygens (including phenoxy) is 2. The van der Waals surface area contributed by atoms with Gasteiger partial charge in [-0.15, -0.1) is 0 Å². The monoisotopic (exact) mass is 405 g/mol. The smallest absolute Gasteiger partial charge is 0.255 e. The van der Waals surface area contributed by atoms with Crippen LogP contribution in [-0.4, -0.2) is 35.6 Å². The Hall–Kier alpha value is -2.61. The molecule has 152 valence electrons. The summed E-state index contributed by atoms with van der Waals surface area (Å²) in [4.78, 5) is 29.5. The van der Waals surface area contributed by atoms with Gasteiger partial charge in [-0.05, 0) is 63.5 Å². The van der Waals surface area contributed by atoms with Crippen molar-refractivity contribution < 1.29 is 14.3 Å². The second kappa shape index (κ2) is 10.7. The molecule has 1 heterocycles. The van der Waals surface area contributed by atoms with Crippen molar-refractivity contribution in [2.24, 2.45) is 0 Å². The molecule has 0 saturated carbocycles. The minimum atomic E-state index is -0.244. The first-order valence-electron chi connectivity index (χ1n) is 9.41. The van der Waals surface area contributed by atoms with Crippen molar-refractivity contribution in [1.82, 2.24) is 15.3 Å². The van der Waals surface area contributed by atoms with Crippen LogP contribution in [0.5, 0.6) is 11.5 Å². The zero-order valence-corrected chi connectivity index (χ0v) is 17.3. The quantitative estimate of drug-likeness (QED) is 0.528. The first kappa shape index (κ1) is 21.7. The van der Waals surface area contributed by atoms with Crippen LogP contribution in [0.15, 0.2) is 23.0 Å². The molecule has 2 rings (SSSR count). The fraction of sp³-hybridized carbons (Fsp3) is 0.450. The van der Waals surface area contributed by atoms with Crippen molar-refractivity contribution >= 4 is 18.1 Å². The number of amides is 1. The lowest BCUT2D eigenvalue weighted by atomic mass is 10.1. The standard InChI is InChI=1S/C20H27N3O4S/c1-4-26-16-8-6-14(12-17(16)27-5-2)10-11-21-18(24)9-7-15-13(3)22-20(28)23-19(15)25/h6,8,12H,4-5,7,9-11H2,1-3H3,(H,21,24)(H2,22,23,25,28). The largest absolute Gasteiger partial charge is 0.490 e. The number of rotatable bonds is 10. The fourth-order valence-corrected chi connectivity index (χ4v) is 3.10. The van der Waals surface area contributed by atoms with Crippen LogP contribution in [0.25, 0.3) is 0 Å². The molecule has 0 aliphatic rings. The van der Waals surface area contributed by atoms with E-state index in [9.17, 15) is 9.59 Å². The summed E-state index contributed by atoms with van der Waals surface area (Å²) in [5.74, 6) is 1.33. The van der Waals surface area contributed by atoms with Gasteiger partial charge in [-0.3, -0.25) is 14.6 Å². The van der Waals surface area contributed by atoms with Crippen molar-refractivity contribution in [3.63, 3.8) is 0 Å². The van der Waals surface area contributed by atoms with Crippen molar-refractivity contribution in [3.8, 4) is 11.5 Å². The zero-order chi connectivity index (χ0) is 20.5. The summed E-state index contributed by atoms with van der Waals surface area (Å²) in [6, 6.07) is 5.80. The summed E-state index contributed by atoms with van der Waals surface area (Å²) < 4.78 is 11.5. The lowest BCUT2D eigenvalue weighted by molar-refractivity contribution is -0.121. The van der Waals surface area contributed by atoms with E-state index in [-0.39, 0.29) is 22.7 Å². The number of aromatic amines is 2. The summed E-state index contributed by atoms with van der Waals surface area (Å²) in [6.45, 7) is 7.27. The van der Waals surface area contributed by atoms with Gasteiger partial charge in [0.25, 0.3) is 5.56 Å². The van der Waals surface area contributed by atoms with Gasteiger partial charge in [-0.25, -0.2) is 0 Å². The summed E-state index contributed by atoms with van der Waals surface area (Å²) in [5.41, 5.74) is 2.05. The summed E-state index contributed by atoms with van der Waals surface area (Å²) in [7, 11) is 0. The highest BCUT2D eigenvalue weighted by atomic mass is 32.1. The maximum absolute atomic E-state index is 12.1. The molecule has 28 heavy (non-hydrogen) atoms. The Kier molecular flexibility index (Phi) is 8.25. The topological polar surface area (TPSA) is 96.2 Å². The van der Waals surface area contributed by atoms with E-state index in [2.05, 4.69) is 15.3 Å². The molecule has 0 saturated heterocycles. The van der Waals surface area contributed by atoms with Gasteiger partial charge in [0.15, 0.2) is 16.3 Å². The third kappa shape index (κ3) is 6.23. The Morgan fingerprint density at radius 3 is 2.50 bits per heavy atom. The number of nitrogens with one attached hydrogen (secondary N) is 3. The van der Waals surface area contributed by atoms with E-state index >= 15 is 0 Å². The minimum absolute atomic E-state index is 0.0998. The van der Waals surface area contributed by atoms with Crippen LogP contribution in [0.1, 0.15) is 37.1 Å². The Labute approximate surface area is 169 Å². The number of aryl methyl sites for hydroxylation is 1. The van der Waals surface area contributed by atoms with Crippen molar-refractivity contribution in [2.45, 2.75) is 40.0 Å². The van der Waals surface area contributed by atoms with Gasteiger partial charge < -0.3 is 19.8 Å². The molecule has 3 N–H and O–H groups in total. The lowest BCUT2D eigenvalue weighted by Crippen LogP contribution is -2.27. The van der Waals surface area contributed by atoms with Gasteiger partial charge in [0.2, 0.25) is 5.91 Å². The number of carbonyl (C=O) groups excluding carboxylic acids is 1. The van der Waals surface area contributed by atoms with Crippen LogP contribution in [0.3, 0.4) is 0 Å². The fourth-order valence-electron chi connectivity index (χ4n) is 2.85. The van der Waals surface area contributed by atoms with Gasteiger partial charge in [0.1, 0.15) is 0 Å². The van der Waals surface area contributed by atoms with E-state index in [1.807, 2.05) is 32.0 Å². The van der Waals surface area contributed by atoms with Gasteiger partial charge in [0.05, 0.1) is 13.2 Å². The summed E-state index contributed by atoms with van der Waals surface area (Å²) in [6.07, 6.45) is 1.27. The second-order valence-electron chi connectivity index (χ2n) is 6.26. The summed E-state index contributed by atoms with van der Waals surface area (Å²) >= 11 is 4.93. The molecule has 0 aliphatic carbocycles. The highest BCUT2D eigenvalue weighted by Gasteiger charge is 2.09. The van der Waals surface area contributed by atoms with Crippen LogP contribution in [0, 0.1) is 11.7 Å². The molecule has 0 spiro atoms. The van der Waals surface area contributed by atoms with E-state index in [1.165, 1.54) is 0 Å². The first-order chi connectivity index (χ1) is 13.4. The average molecular weight is 406 g/mol. The van der Waals surface area contributed by atoms with Gasteiger partial charge >= 0.3 is 0 Å². The van der Waals surface area contributed by atoms with Crippen LogP contribution < -0.4 is 20.3 Å². The Morgan fingerprint density at radius 1 is 1.11 bits per heavy atom. The SMILES string of the molecule is CCOc1ccc(CCNC(=O)CCc2c(C)[nH]c(=S)[nH]c2=O)cc1OCC. The molecule has 1 aromatic carbocycles. The number of hydrogen-bond acceptors (Lipinski definition) is 5. The van der Waals surface area contributed by atoms with Crippen molar-refractivity contribution in [2.75, 3.05) is 19.8 Å². The molecule has 0 aliphatic heterocycles. The Balaban J connectivity index is 1.86. The molecule has 0 atom stereocenters. The number of aromatic nitrogens is 2. The highest BCUT2D eigenvalue weighted by molar-refractivity contribution is 7.71. The molecule has 0 radical (unpaired) electrons. The molecular weight excluding hydrogens is 378 g/mol. The van der Waals surface area contributed by atoms with Crippen molar-refractivity contribution in [3.05, 3.63) is 50.1 Å². The number of carbonyl (C=O) groups is 1. The highest BCUT2D eigenvalue weighted by Crippen LogP contribution is 2.28. The maximum atomic E-state index is 12.1. The van der Waals surface area contributed by atoms with Gasteiger partial charge in [-0.1, -0.05) is 6.07 Å². The van der Waals surface area contributed by atoms with Gasteiger partial charge in [-0.2, -0.15) is 0 Å². The third-order valence-electron chi connectivity index (χ3n) is 4.20. The molecule has 0 bridgehead atoms. The normalized spacial score (nSPS) is 10.5. The Bertz CT molecular complexity index is 920. The third-order valence-corrected chi connectivity index (χ3v) is 4.40. The van der Waals surface area contributed by atoms with E-state index < -0.39 is 0 Å². The van der Waals surface area contributed by atoms with Crippen LogP contribution in [0.4, 0.5) is 0 Å². The number of benzene rings is 1. The predicted molar refractivity (Wildman–Crippen MR) is 111 cm³/mol. The van der Waals surface area contributed by atoms with Crippen LogP contribution in [0.2, 0.25) is 0 Å². The lowest BCUT2D eigenvalue weighted by Gasteiger charge is -2.12. The second-order valence-corrected chi connectivity index (χ2v) is 6.67. The van der Waals surface area contributed by atoms with Crippen LogP contribution in [-0.2, 0) is 17.6 Å². The van der Waals surface area contributed by atoms with E-state index in [4.69, 9.17) is 21.7 Å². The minimum Gasteiger partial charge on any atom is -0.490 e.